The second-order valence-corrected chi connectivity index (χ2v) is 5.52. The molecule has 0 aliphatic rings. The molecule has 4 heteroatoms. The van der Waals surface area contributed by atoms with Gasteiger partial charge in [0, 0.05) is 19.1 Å². The maximum atomic E-state index is 5.78. The minimum absolute atomic E-state index is 0.356. The van der Waals surface area contributed by atoms with Gasteiger partial charge in [-0.05, 0) is 30.6 Å². The Morgan fingerprint density at radius 1 is 1.30 bits per heavy atom. The van der Waals surface area contributed by atoms with Gasteiger partial charge in [-0.3, -0.25) is 0 Å². The highest BCUT2D eigenvalue weighted by molar-refractivity contribution is 7.80. The predicted octanol–water partition coefficient (Wildman–Crippen LogP) is 2.89. The highest BCUT2D eigenvalue weighted by atomic mass is 32.1. The van der Waals surface area contributed by atoms with Gasteiger partial charge in [0.15, 0.2) is 5.11 Å². The first-order chi connectivity index (χ1) is 9.72. The van der Waals surface area contributed by atoms with Crippen molar-refractivity contribution in [1.82, 2.24) is 5.32 Å². The van der Waals surface area contributed by atoms with Crippen molar-refractivity contribution >= 4 is 17.3 Å². The number of nitrogens with two attached hydrogens (primary N) is 1. The van der Waals surface area contributed by atoms with Crippen molar-refractivity contribution in [3.05, 3.63) is 35.9 Å². The van der Waals surface area contributed by atoms with Crippen molar-refractivity contribution in [2.75, 3.05) is 19.8 Å². The Labute approximate surface area is 127 Å². The fraction of sp³-hybridized carbons (Fsp3) is 0.562. The molecule has 3 N–H and O–H groups in total. The first-order valence-electron chi connectivity index (χ1n) is 7.37. The van der Waals surface area contributed by atoms with E-state index in [4.69, 9.17) is 22.7 Å². The molecule has 1 rings (SSSR count). The molecule has 0 amide bonds. The molecule has 1 aromatic rings. The van der Waals surface area contributed by atoms with E-state index in [1.165, 1.54) is 18.4 Å². The van der Waals surface area contributed by atoms with E-state index in [2.05, 4.69) is 36.5 Å². The number of hydrogen-bond donors (Lipinski definition) is 2. The van der Waals surface area contributed by atoms with E-state index in [9.17, 15) is 0 Å². The van der Waals surface area contributed by atoms with Gasteiger partial charge in [0.05, 0.1) is 6.61 Å². The monoisotopic (exact) mass is 294 g/mol. The van der Waals surface area contributed by atoms with Crippen molar-refractivity contribution in [3.8, 4) is 0 Å². The van der Waals surface area contributed by atoms with Crippen LogP contribution in [0.1, 0.15) is 31.7 Å². The summed E-state index contributed by atoms with van der Waals surface area (Å²) in [5.74, 6) is 0.389. The molecule has 20 heavy (non-hydrogen) atoms. The summed E-state index contributed by atoms with van der Waals surface area (Å²) in [4.78, 5) is 0. The summed E-state index contributed by atoms with van der Waals surface area (Å²) in [5, 5.41) is 3.40. The van der Waals surface area contributed by atoms with Gasteiger partial charge in [0.1, 0.15) is 0 Å². The number of hydrogen-bond acceptors (Lipinski definition) is 2. The van der Waals surface area contributed by atoms with Crippen LogP contribution in [-0.2, 0) is 11.2 Å². The lowest BCUT2D eigenvalue weighted by molar-refractivity contribution is 0.0972. The van der Waals surface area contributed by atoms with E-state index in [-0.39, 0.29) is 0 Å². The van der Waals surface area contributed by atoms with Crippen LogP contribution in [0.15, 0.2) is 30.3 Å². The van der Waals surface area contributed by atoms with E-state index in [0.29, 0.717) is 11.0 Å². The average molecular weight is 294 g/mol. The minimum atomic E-state index is 0.356. The van der Waals surface area contributed by atoms with Crippen LogP contribution < -0.4 is 11.1 Å². The van der Waals surface area contributed by atoms with Crippen molar-refractivity contribution < 1.29 is 4.74 Å². The maximum absolute atomic E-state index is 5.78. The van der Waals surface area contributed by atoms with Crippen LogP contribution in [-0.4, -0.2) is 24.9 Å². The second kappa shape index (κ2) is 10.6. The van der Waals surface area contributed by atoms with Gasteiger partial charge in [-0.25, -0.2) is 0 Å². The molecule has 0 fully saturated rings. The van der Waals surface area contributed by atoms with Gasteiger partial charge < -0.3 is 15.8 Å². The molecule has 0 saturated carbocycles. The lowest BCUT2D eigenvalue weighted by atomic mass is 10.00. The van der Waals surface area contributed by atoms with Gasteiger partial charge in [0.25, 0.3) is 0 Å². The summed E-state index contributed by atoms with van der Waals surface area (Å²) >= 11 is 4.87. The molecular weight excluding hydrogens is 268 g/mol. The summed E-state index contributed by atoms with van der Waals surface area (Å²) in [7, 11) is 0. The van der Waals surface area contributed by atoms with E-state index in [1.807, 2.05) is 6.07 Å². The molecule has 0 aromatic heterocycles. The fourth-order valence-electron chi connectivity index (χ4n) is 2.09. The number of ether oxygens (including phenoxy) is 1. The molecule has 0 radical (unpaired) electrons. The smallest absolute Gasteiger partial charge is 0.163 e. The Kier molecular flexibility index (Phi) is 9.00. The lowest BCUT2D eigenvalue weighted by Gasteiger charge is -2.18. The topological polar surface area (TPSA) is 47.3 Å². The van der Waals surface area contributed by atoms with Crippen molar-refractivity contribution in [2.45, 2.75) is 32.6 Å². The number of rotatable bonds is 10. The molecule has 1 unspecified atom stereocenters. The van der Waals surface area contributed by atoms with Crippen molar-refractivity contribution in [1.29, 1.82) is 0 Å². The van der Waals surface area contributed by atoms with Gasteiger partial charge in [0.2, 0.25) is 0 Å². The summed E-state index contributed by atoms with van der Waals surface area (Å²) in [5.41, 5.74) is 6.83. The maximum Gasteiger partial charge on any atom is 0.163 e. The molecule has 0 aliphatic carbocycles. The number of unbranched alkanes of at least 4 members (excludes halogenated alkanes) is 2. The van der Waals surface area contributed by atoms with Gasteiger partial charge >= 0.3 is 0 Å². The Bertz CT molecular complexity index is 370. The zero-order chi connectivity index (χ0) is 14.6. The third kappa shape index (κ3) is 8.12. The second-order valence-electron chi connectivity index (χ2n) is 5.08. The van der Waals surface area contributed by atoms with Gasteiger partial charge in [-0.1, -0.05) is 50.1 Å². The van der Waals surface area contributed by atoms with Crippen LogP contribution in [0.4, 0.5) is 0 Å². The Morgan fingerprint density at radius 3 is 2.70 bits per heavy atom. The highest BCUT2D eigenvalue weighted by Gasteiger charge is 2.10. The number of nitrogens with one attached hydrogen (secondary N) is 1. The molecule has 0 aliphatic heterocycles. The largest absolute Gasteiger partial charge is 0.381 e. The molecule has 0 spiro atoms. The summed E-state index contributed by atoms with van der Waals surface area (Å²) < 4.78 is 5.78. The van der Waals surface area contributed by atoms with Crippen LogP contribution in [0, 0.1) is 5.92 Å². The number of thiocarbonyl (C=S) groups is 1. The first kappa shape index (κ1) is 16.9. The van der Waals surface area contributed by atoms with Crippen molar-refractivity contribution in [2.24, 2.45) is 11.7 Å². The van der Waals surface area contributed by atoms with E-state index < -0.39 is 0 Å². The third-order valence-electron chi connectivity index (χ3n) is 3.18. The fourth-order valence-corrected chi connectivity index (χ4v) is 2.17. The zero-order valence-corrected chi connectivity index (χ0v) is 13.1. The van der Waals surface area contributed by atoms with Crippen molar-refractivity contribution in [3.63, 3.8) is 0 Å². The van der Waals surface area contributed by atoms with Crippen LogP contribution in [0.3, 0.4) is 0 Å². The Balaban J connectivity index is 2.37. The van der Waals surface area contributed by atoms with Gasteiger partial charge in [-0.15, -0.1) is 0 Å². The summed E-state index contributed by atoms with van der Waals surface area (Å²) in [6, 6.07) is 10.5. The normalized spacial score (nSPS) is 12.1. The van der Waals surface area contributed by atoms with E-state index in [1.54, 1.807) is 0 Å². The zero-order valence-electron chi connectivity index (χ0n) is 12.3. The molecule has 0 bridgehead atoms. The van der Waals surface area contributed by atoms with Crippen LogP contribution >= 0.6 is 12.2 Å². The molecule has 0 saturated heterocycles. The van der Waals surface area contributed by atoms with Crippen LogP contribution in [0.2, 0.25) is 0 Å². The van der Waals surface area contributed by atoms with E-state index in [0.717, 1.165) is 32.6 Å². The molecule has 3 nitrogen and oxygen atoms in total. The summed E-state index contributed by atoms with van der Waals surface area (Å²) in [6.45, 7) is 4.54. The Hall–Kier alpha value is -1.13. The SMILES string of the molecule is CCCCCOCC(CNC(N)=S)Cc1ccccc1. The first-order valence-corrected chi connectivity index (χ1v) is 7.78. The standard InChI is InChI=1S/C16H26N2OS/c1-2-3-7-10-19-13-15(12-18-16(17)20)11-14-8-5-4-6-9-14/h4-6,8-9,15H,2-3,7,10-13H2,1H3,(H3,17,18,20). The van der Waals surface area contributed by atoms with E-state index >= 15 is 0 Å². The minimum Gasteiger partial charge on any atom is -0.381 e. The average Bonchev–Trinajstić information content (AvgIpc) is 2.45. The van der Waals surface area contributed by atoms with Crippen LogP contribution in [0.25, 0.3) is 0 Å². The predicted molar refractivity (Wildman–Crippen MR) is 88.8 cm³/mol. The Morgan fingerprint density at radius 2 is 2.05 bits per heavy atom. The molecule has 1 aromatic carbocycles. The molecule has 112 valence electrons. The number of benzene rings is 1. The molecule has 1 atom stereocenters. The van der Waals surface area contributed by atoms with Gasteiger partial charge in [-0.2, -0.15) is 0 Å². The highest BCUT2D eigenvalue weighted by Crippen LogP contribution is 2.09. The summed E-state index contributed by atoms with van der Waals surface area (Å²) in [6.07, 6.45) is 4.57. The van der Waals surface area contributed by atoms with Crippen LogP contribution in [0.5, 0.6) is 0 Å². The lowest BCUT2D eigenvalue weighted by Crippen LogP contribution is -2.35. The third-order valence-corrected chi connectivity index (χ3v) is 3.32. The quantitative estimate of drug-likeness (QED) is 0.514. The molecular formula is C16H26N2OS. The molecule has 0 heterocycles.